The first-order valence-electron chi connectivity index (χ1n) is 15.8. The van der Waals surface area contributed by atoms with E-state index in [9.17, 15) is 0 Å². The molecule has 0 amide bonds. The second-order valence-electron chi connectivity index (χ2n) is 11.5. The van der Waals surface area contributed by atoms with Crippen molar-refractivity contribution in [3.8, 4) is 51.5 Å². The molecule has 1 aliphatic carbocycles. The number of ether oxygens (including phenoxy) is 2. The van der Waals surface area contributed by atoms with Crippen LogP contribution in [0.15, 0.2) is 116 Å². The number of fused-ring (bicyclic) bond motifs is 4. The predicted molar refractivity (Wildman–Crippen MR) is 183 cm³/mol. The molecule has 246 valence electrons. The van der Waals surface area contributed by atoms with Crippen LogP contribution in [0.25, 0.3) is 50.3 Å². The van der Waals surface area contributed by atoms with Gasteiger partial charge in [-0.3, -0.25) is 0 Å². The molecule has 0 atom stereocenters. The van der Waals surface area contributed by atoms with E-state index in [4.69, 9.17) is 19.4 Å². The maximum Gasteiger partial charge on any atom is 2.00 e. The summed E-state index contributed by atoms with van der Waals surface area (Å²) in [5, 5.41) is 1.94. The molecule has 9 heteroatoms. The third-order valence-electron chi connectivity index (χ3n) is 8.39. The Labute approximate surface area is 316 Å². The Balaban J connectivity index is 0.00000196. The maximum atomic E-state index is 6.32. The number of nitrogens with zero attached hydrogens (tertiary/aromatic N) is 5. The van der Waals surface area contributed by atoms with Crippen molar-refractivity contribution in [1.82, 2.24) is 24.5 Å². The average Bonchev–Trinajstić information content (AvgIpc) is 3.74. The first kappa shape index (κ1) is 33.5. The van der Waals surface area contributed by atoms with Gasteiger partial charge in [-0.25, -0.2) is 9.97 Å². The van der Waals surface area contributed by atoms with Gasteiger partial charge in [0, 0.05) is 47.3 Å². The maximum absolute atomic E-state index is 6.32. The number of hydrogen-bond donors (Lipinski definition) is 0. The number of aromatic nitrogens is 5. The van der Waals surface area contributed by atoms with Crippen LogP contribution >= 0.6 is 0 Å². The van der Waals surface area contributed by atoms with Crippen molar-refractivity contribution in [2.24, 2.45) is 0 Å². The molecule has 0 spiro atoms. The van der Waals surface area contributed by atoms with Gasteiger partial charge in [-0.15, -0.1) is 71.8 Å². The number of rotatable bonds is 7. The molecule has 0 aliphatic heterocycles. The predicted octanol–water partition coefficient (Wildman–Crippen LogP) is 8.97. The van der Waals surface area contributed by atoms with Gasteiger partial charge in [-0.05, 0) is 48.3 Å². The van der Waals surface area contributed by atoms with Gasteiger partial charge >= 0.3 is 40.8 Å². The Morgan fingerprint density at radius 2 is 1.10 bits per heavy atom. The van der Waals surface area contributed by atoms with Crippen LogP contribution < -0.4 is 9.47 Å². The fourth-order valence-corrected chi connectivity index (χ4v) is 6.15. The molecule has 4 aromatic carbocycles. The fourth-order valence-electron chi connectivity index (χ4n) is 6.15. The third-order valence-corrected chi connectivity index (χ3v) is 8.39. The minimum atomic E-state index is 0. The first-order valence-corrected chi connectivity index (χ1v) is 15.8. The van der Waals surface area contributed by atoms with Gasteiger partial charge in [0.15, 0.2) is 0 Å². The minimum absolute atomic E-state index is 0. The molecule has 7 nitrogen and oxygen atoms in total. The van der Waals surface area contributed by atoms with Crippen LogP contribution in [0.1, 0.15) is 17.7 Å². The van der Waals surface area contributed by atoms with E-state index in [1.165, 1.54) is 5.56 Å². The summed E-state index contributed by atoms with van der Waals surface area (Å²) in [5.41, 5.74) is 7.18. The molecule has 0 unspecified atom stereocenters. The SMILES string of the molecule is [Pd+2].[Pd+2].[c-]1c(Oc2[c-]c3c(cc2)c2ccc(Oc4[c-]c(-c5ccccn5)ccc4)[c-]c2n3-c2ncc3c(n2)CCC3)cccc1-c1ccccn1. The molecule has 0 N–H and O–H groups in total. The summed E-state index contributed by atoms with van der Waals surface area (Å²) in [5.74, 6) is 2.78. The summed E-state index contributed by atoms with van der Waals surface area (Å²) in [6, 6.07) is 44.7. The zero-order chi connectivity index (χ0) is 31.9. The van der Waals surface area contributed by atoms with E-state index in [0.717, 1.165) is 69.3 Å². The summed E-state index contributed by atoms with van der Waals surface area (Å²) >= 11 is 0. The van der Waals surface area contributed by atoms with Gasteiger partial charge in [-0.2, -0.15) is 22.9 Å². The van der Waals surface area contributed by atoms with Crippen molar-refractivity contribution in [2.45, 2.75) is 19.3 Å². The molecule has 4 aromatic heterocycles. The van der Waals surface area contributed by atoms with Crippen LogP contribution in [-0.2, 0) is 53.7 Å². The smallest absolute Gasteiger partial charge is 0.503 e. The van der Waals surface area contributed by atoms with Crippen molar-refractivity contribution in [3.05, 3.63) is 151 Å². The van der Waals surface area contributed by atoms with E-state index in [2.05, 4.69) is 34.2 Å². The second kappa shape index (κ2) is 14.5. The molecule has 9 rings (SSSR count). The van der Waals surface area contributed by atoms with E-state index >= 15 is 0 Å². The Morgan fingerprint density at radius 3 is 1.64 bits per heavy atom. The quantitative estimate of drug-likeness (QED) is 0.118. The van der Waals surface area contributed by atoms with E-state index in [1.807, 2.05) is 108 Å². The van der Waals surface area contributed by atoms with Crippen molar-refractivity contribution < 1.29 is 50.3 Å². The molecule has 8 aromatic rings. The molecular formula is C41H25N5O2Pd2. The summed E-state index contributed by atoms with van der Waals surface area (Å²) < 4.78 is 14.6. The van der Waals surface area contributed by atoms with E-state index in [-0.39, 0.29) is 40.8 Å². The third kappa shape index (κ3) is 6.50. The average molecular weight is 833 g/mol. The van der Waals surface area contributed by atoms with E-state index < -0.39 is 0 Å². The molecule has 0 saturated carbocycles. The van der Waals surface area contributed by atoms with Gasteiger partial charge in [0.25, 0.3) is 0 Å². The number of pyridine rings is 2. The second-order valence-corrected chi connectivity index (χ2v) is 11.5. The van der Waals surface area contributed by atoms with Crippen LogP contribution in [0, 0.1) is 24.3 Å². The Hall–Kier alpha value is -5.02. The summed E-state index contributed by atoms with van der Waals surface area (Å²) in [7, 11) is 0. The van der Waals surface area contributed by atoms with Crippen molar-refractivity contribution in [1.29, 1.82) is 0 Å². The number of benzene rings is 4. The van der Waals surface area contributed by atoms with E-state index in [1.54, 1.807) is 12.4 Å². The number of aryl methyl sites for hydroxylation is 2. The van der Waals surface area contributed by atoms with Gasteiger partial charge in [0.2, 0.25) is 5.95 Å². The molecule has 0 bridgehead atoms. The van der Waals surface area contributed by atoms with Crippen LogP contribution in [-0.4, -0.2) is 24.5 Å². The zero-order valence-corrected chi connectivity index (χ0v) is 29.4. The molecule has 1 aliphatic rings. The molecule has 0 saturated heterocycles. The molecule has 0 radical (unpaired) electrons. The van der Waals surface area contributed by atoms with Crippen LogP contribution in [0.4, 0.5) is 0 Å². The van der Waals surface area contributed by atoms with Crippen LogP contribution in [0.5, 0.6) is 23.0 Å². The topological polar surface area (TPSA) is 75.0 Å². The molecular weight excluding hydrogens is 807 g/mol. The standard InChI is InChI=1S/C41H25N5O2.2Pd/c1-3-20-42-36(13-1)27-8-5-11-30(22-27)47-32-16-18-34-35-19-17-33(48-31-12-6-9-28(23-31)37-14-2-4-21-43-37)25-40(35)46(39(34)24-32)41-44-26-29-10-7-15-38(29)45-41;;/h1-6,8-9,11-14,16-21,26H,7,10,15H2;;/q-4;2*+2. The van der Waals surface area contributed by atoms with Crippen LogP contribution in [0.3, 0.4) is 0 Å². The molecule has 4 heterocycles. The van der Waals surface area contributed by atoms with Crippen molar-refractivity contribution >= 4 is 21.8 Å². The normalized spacial score (nSPS) is 11.8. The Kier molecular flexibility index (Phi) is 9.68. The zero-order valence-electron chi connectivity index (χ0n) is 26.3. The summed E-state index contributed by atoms with van der Waals surface area (Å²) in [6.07, 6.45) is 8.49. The first-order chi connectivity index (χ1) is 23.7. The van der Waals surface area contributed by atoms with Crippen molar-refractivity contribution in [2.75, 3.05) is 0 Å². The van der Waals surface area contributed by atoms with Gasteiger partial charge in [-0.1, -0.05) is 47.4 Å². The van der Waals surface area contributed by atoms with Gasteiger partial charge in [0.1, 0.15) is 0 Å². The van der Waals surface area contributed by atoms with Crippen LogP contribution in [0.2, 0.25) is 0 Å². The number of hydrogen-bond acceptors (Lipinski definition) is 6. The van der Waals surface area contributed by atoms with Gasteiger partial charge < -0.3 is 24.0 Å². The molecule has 0 fully saturated rings. The van der Waals surface area contributed by atoms with E-state index in [0.29, 0.717) is 28.9 Å². The largest absolute Gasteiger partial charge is 2.00 e. The minimum Gasteiger partial charge on any atom is -0.503 e. The summed E-state index contributed by atoms with van der Waals surface area (Å²) in [4.78, 5) is 18.7. The van der Waals surface area contributed by atoms with Gasteiger partial charge in [0.05, 0.1) is 0 Å². The molecule has 50 heavy (non-hydrogen) atoms. The Bertz CT molecular complexity index is 2310. The summed E-state index contributed by atoms with van der Waals surface area (Å²) in [6.45, 7) is 0. The Morgan fingerprint density at radius 1 is 0.540 bits per heavy atom. The monoisotopic (exact) mass is 831 g/mol. The van der Waals surface area contributed by atoms with Crippen molar-refractivity contribution in [3.63, 3.8) is 0 Å². The fraction of sp³-hybridized carbons (Fsp3) is 0.0732.